The summed E-state index contributed by atoms with van der Waals surface area (Å²) in [6.07, 6.45) is -2.70. The van der Waals surface area contributed by atoms with Crippen molar-refractivity contribution < 1.29 is 76.6 Å². The molecule has 28 nitrogen and oxygen atoms in total. The largest absolute Gasteiger partial charge is 0.480 e. The number of alkyl carbamates (subject to hydrolysis) is 6. The number of hydrogen-bond acceptors (Lipinski definition) is 20. The highest BCUT2D eigenvalue weighted by Crippen LogP contribution is 2.14. The number of ether oxygens (including phenoxy) is 7. The molecule has 7 amide bonds. The van der Waals surface area contributed by atoms with Crippen LogP contribution in [0.1, 0.15) is 184 Å². The van der Waals surface area contributed by atoms with Gasteiger partial charge in [0.05, 0.1) is 0 Å². The number of carbonyl (C=O) groups excluding carboxylic acids is 7. The van der Waals surface area contributed by atoms with Crippen LogP contribution in [0.3, 0.4) is 0 Å². The van der Waals surface area contributed by atoms with E-state index in [4.69, 9.17) is 33.2 Å². The third-order valence-electron chi connectivity index (χ3n) is 9.50. The summed E-state index contributed by atoms with van der Waals surface area (Å²) in [6.45, 7) is 38.6. The van der Waals surface area contributed by atoms with Gasteiger partial charge in [0.2, 0.25) is 17.9 Å². The van der Waals surface area contributed by atoms with E-state index in [1.165, 1.54) is 0 Å². The molecule has 7 N–H and O–H groups in total. The Morgan fingerprint density at radius 1 is 0.321 bits per heavy atom. The number of unbranched alkanes of at least 4 members (excludes halogenated alkanes) is 1. The van der Waals surface area contributed by atoms with Crippen molar-refractivity contribution >= 4 is 66.5 Å². The molecule has 0 aromatic heterocycles. The van der Waals surface area contributed by atoms with Gasteiger partial charge in [-0.05, 0) is 223 Å². The van der Waals surface area contributed by atoms with E-state index in [9.17, 15) is 43.5 Å². The molecule has 0 aromatic rings. The average molecular weight is 1200 g/mol. The first kappa shape index (κ1) is 77.3. The molecule has 0 unspecified atom stereocenters. The Bertz CT molecular complexity index is 2030. The number of nitrogens with one attached hydrogen (secondary N) is 6. The van der Waals surface area contributed by atoms with E-state index < -0.39 is 94.4 Å². The second-order valence-electron chi connectivity index (χ2n) is 26.6. The van der Waals surface area contributed by atoms with Crippen LogP contribution in [-0.2, 0) is 38.0 Å². The van der Waals surface area contributed by atoms with Crippen LogP contribution in [0.25, 0.3) is 0 Å². The first-order valence-electron chi connectivity index (χ1n) is 28.4. The molecule has 0 aliphatic heterocycles. The van der Waals surface area contributed by atoms with Crippen LogP contribution < -0.4 is 31.9 Å². The average Bonchev–Trinajstić information content (AvgIpc) is 3.37. The Morgan fingerprint density at radius 2 is 0.536 bits per heavy atom. The molecule has 84 heavy (non-hydrogen) atoms. The molecule has 0 atom stereocenters. The Labute approximate surface area is 498 Å². The molecule has 484 valence electrons. The number of carboxylic acid groups (broad SMARTS) is 1. The maximum Gasteiger partial charge on any atom is 0.414 e. The van der Waals surface area contributed by atoms with Gasteiger partial charge in [0.25, 0.3) is 0 Å². The fraction of sp³-hybridized carbons (Fsp3) is 0.804. The van der Waals surface area contributed by atoms with Crippen LogP contribution in [0.4, 0.5) is 33.6 Å². The lowest BCUT2D eigenvalue weighted by atomic mass is 10.2. The van der Waals surface area contributed by atoms with Crippen molar-refractivity contribution in [3.8, 4) is 0 Å². The van der Waals surface area contributed by atoms with Gasteiger partial charge in [-0.3, -0.25) is 56.6 Å². The van der Waals surface area contributed by atoms with Gasteiger partial charge in [0.15, 0.2) is 0 Å². The van der Waals surface area contributed by atoms with E-state index in [1.54, 1.807) is 145 Å². The van der Waals surface area contributed by atoms with Crippen molar-refractivity contribution in [2.45, 2.75) is 223 Å². The van der Waals surface area contributed by atoms with E-state index in [-0.39, 0.29) is 44.1 Å². The number of aliphatic imine (C=N–C) groups is 3. The minimum atomic E-state index is -1.19. The van der Waals surface area contributed by atoms with E-state index in [2.05, 4.69) is 56.7 Å². The highest BCUT2D eigenvalue weighted by molar-refractivity contribution is 6.02. The van der Waals surface area contributed by atoms with Crippen LogP contribution in [0.2, 0.25) is 0 Å². The Morgan fingerprint density at radius 3 is 0.750 bits per heavy atom. The number of nitrogens with zero attached hydrogens (tertiary/aromatic N) is 6. The molecule has 0 rings (SSSR count). The highest BCUT2D eigenvalue weighted by Gasteiger charge is 2.27. The predicted octanol–water partition coefficient (Wildman–Crippen LogP) is 8.47. The summed E-state index contributed by atoms with van der Waals surface area (Å²) in [5, 5.41) is 24.6. The number of carbonyl (C=O) groups is 8. The molecule has 0 heterocycles. The molecule has 0 bridgehead atoms. The predicted molar refractivity (Wildman–Crippen MR) is 319 cm³/mol. The molecule has 0 saturated carbocycles. The van der Waals surface area contributed by atoms with Gasteiger partial charge in [-0.15, -0.1) is 0 Å². The molecule has 0 fully saturated rings. The zero-order valence-corrected chi connectivity index (χ0v) is 54.3. The van der Waals surface area contributed by atoms with Gasteiger partial charge < -0.3 is 48.1 Å². The maximum atomic E-state index is 13.1. The quantitative estimate of drug-likeness (QED) is 0.0218. The third kappa shape index (κ3) is 46.7. The number of guanidine groups is 3. The molecular weight excluding hydrogens is 1100 g/mol. The van der Waals surface area contributed by atoms with Gasteiger partial charge in [-0.1, -0.05) is 0 Å². The topological polar surface area (TPSA) is 340 Å². The minimum Gasteiger partial charge on any atom is -0.480 e. The second-order valence-corrected chi connectivity index (χ2v) is 26.6. The fourth-order valence-corrected chi connectivity index (χ4v) is 6.74. The highest BCUT2D eigenvalue weighted by atomic mass is 16.6. The van der Waals surface area contributed by atoms with Crippen molar-refractivity contribution in [2.24, 2.45) is 15.0 Å². The smallest absolute Gasteiger partial charge is 0.414 e. The first-order valence-corrected chi connectivity index (χ1v) is 28.4. The van der Waals surface area contributed by atoms with Crippen LogP contribution >= 0.6 is 0 Å². The molecule has 0 aliphatic carbocycles. The summed E-state index contributed by atoms with van der Waals surface area (Å²) in [5.41, 5.74) is -5.89. The summed E-state index contributed by atoms with van der Waals surface area (Å²) >= 11 is 0. The minimum absolute atomic E-state index is 0.0863. The van der Waals surface area contributed by atoms with Crippen LogP contribution in [0, 0.1) is 0 Å². The lowest BCUT2D eigenvalue weighted by Crippen LogP contribution is -2.47. The number of rotatable bonds is 23. The lowest BCUT2D eigenvalue weighted by molar-refractivity contribution is -0.138. The molecule has 0 spiro atoms. The normalized spacial score (nSPS) is 12.1. The van der Waals surface area contributed by atoms with Crippen LogP contribution in [-0.4, -0.2) is 198 Å². The number of hydrogen-bond donors (Lipinski definition) is 7. The van der Waals surface area contributed by atoms with Crippen molar-refractivity contribution in [1.82, 2.24) is 46.6 Å². The zero-order valence-electron chi connectivity index (χ0n) is 54.3. The van der Waals surface area contributed by atoms with Gasteiger partial charge in [-0.25, -0.2) is 33.6 Å². The Balaban J connectivity index is 6.89. The molecule has 0 saturated heterocycles. The van der Waals surface area contributed by atoms with Gasteiger partial charge in [-0.2, -0.15) is 0 Å². The van der Waals surface area contributed by atoms with Gasteiger partial charge >= 0.3 is 48.6 Å². The summed E-state index contributed by atoms with van der Waals surface area (Å²) in [6, 6.07) is 0. The number of aliphatic carboxylic acids is 1. The van der Waals surface area contributed by atoms with Crippen molar-refractivity contribution in [1.29, 1.82) is 0 Å². The third-order valence-corrected chi connectivity index (χ3v) is 9.50. The standard InChI is InChI=1S/C56H104N12O16/c1-50(2,3)78-43(71)60-40(61-44(72)79-51(4,5)6)57-28-24-33-66(34-25-29-58-41(62-45(73)80-52(7,8)9)63-46(74)81-53(10,11)12)31-22-23-32-67(36-27-37-68(38-39(69)70)49(77)84-56(19,20)21)35-26-30-59-42(64-47(75)82-54(13,14)15)65-48(76)83-55(16,17)18/h22-38H2,1-21H3,(H,69,70)(H2,57,60,61,71,72)(H2,58,62,63,73,74)(H2,59,64,65,75,76). The van der Waals surface area contributed by atoms with Crippen molar-refractivity contribution in [2.75, 3.05) is 72.0 Å². The van der Waals surface area contributed by atoms with E-state index in [0.717, 1.165) is 4.90 Å². The molecule has 0 aliphatic rings. The summed E-state index contributed by atoms with van der Waals surface area (Å²) in [5.74, 6) is -1.70. The summed E-state index contributed by atoms with van der Waals surface area (Å²) in [7, 11) is 0. The van der Waals surface area contributed by atoms with E-state index in [1.807, 2.05) is 0 Å². The van der Waals surface area contributed by atoms with Crippen molar-refractivity contribution in [3.05, 3.63) is 0 Å². The second kappa shape index (κ2) is 35.6. The van der Waals surface area contributed by atoms with E-state index >= 15 is 0 Å². The Kier molecular flexibility index (Phi) is 32.7. The monoisotopic (exact) mass is 1200 g/mol. The first-order chi connectivity index (χ1) is 38.2. The Hall–Kier alpha value is -6.71. The molecule has 0 aromatic carbocycles. The van der Waals surface area contributed by atoms with Crippen LogP contribution in [0.15, 0.2) is 15.0 Å². The number of carboxylic acids is 1. The zero-order chi connectivity index (χ0) is 64.9. The van der Waals surface area contributed by atoms with Gasteiger partial charge in [0, 0.05) is 26.2 Å². The fourth-order valence-electron chi connectivity index (χ4n) is 6.74. The van der Waals surface area contributed by atoms with Gasteiger partial charge in [0.1, 0.15) is 45.8 Å². The SMILES string of the molecule is CC(C)(C)OC(=O)NC(=NCCCN(CCCCN(CCCN=C(NC(=O)OC(C)(C)C)NC(=O)OC(C)(C)C)CCCN(CC(=O)O)C(=O)OC(C)(C)C)CCCN=C(NC(=O)OC(C)(C)C)NC(=O)OC(C)(C)C)NC(=O)OC(C)(C)C. The lowest BCUT2D eigenvalue weighted by Gasteiger charge is -2.28. The summed E-state index contributed by atoms with van der Waals surface area (Å²) < 4.78 is 37.8. The molecule has 28 heteroatoms. The number of amides is 7. The van der Waals surface area contributed by atoms with Crippen LogP contribution in [0.5, 0.6) is 0 Å². The van der Waals surface area contributed by atoms with E-state index in [0.29, 0.717) is 77.8 Å². The molecular formula is C56H104N12O16. The maximum absolute atomic E-state index is 13.1. The summed E-state index contributed by atoms with van der Waals surface area (Å²) in [4.78, 5) is 120. The van der Waals surface area contributed by atoms with Crippen molar-refractivity contribution in [3.63, 3.8) is 0 Å². The molecule has 0 radical (unpaired) electrons.